The third-order valence-electron chi connectivity index (χ3n) is 4.39. The Labute approximate surface area is 140 Å². The second kappa shape index (κ2) is 6.75. The van der Waals surface area contributed by atoms with Crippen LogP contribution in [0, 0.1) is 10.1 Å². The molecule has 1 saturated carbocycles. The van der Waals surface area contributed by atoms with Gasteiger partial charge in [0.25, 0.3) is 5.69 Å². The van der Waals surface area contributed by atoms with E-state index in [0.717, 1.165) is 25.7 Å². The lowest BCUT2D eigenvalue weighted by Gasteiger charge is -2.31. The third kappa shape index (κ3) is 3.75. The quantitative estimate of drug-likeness (QED) is 0.638. The van der Waals surface area contributed by atoms with Crippen molar-refractivity contribution >= 4 is 15.7 Å². The molecule has 0 amide bonds. The lowest BCUT2D eigenvalue weighted by molar-refractivity contribution is -0.384. The highest BCUT2D eigenvalue weighted by Crippen LogP contribution is 2.37. The summed E-state index contributed by atoms with van der Waals surface area (Å²) in [6, 6.07) is 4.77. The number of nitro groups is 1. The van der Waals surface area contributed by atoms with Gasteiger partial charge in [0.05, 0.1) is 22.5 Å². The summed E-state index contributed by atoms with van der Waals surface area (Å²) in [5.41, 5.74) is -0.152. The molecule has 1 aliphatic heterocycles. The molecule has 0 aromatic heterocycles. The molecule has 0 radical (unpaired) electrons. The van der Waals surface area contributed by atoms with Crippen LogP contribution in [-0.4, -0.2) is 38.4 Å². The Morgan fingerprint density at radius 1 is 1.21 bits per heavy atom. The van der Waals surface area contributed by atoms with E-state index in [4.69, 9.17) is 9.47 Å². The molecule has 132 valence electrons. The molecule has 0 bridgehead atoms. The molecular weight excluding hydrogens is 336 g/mol. The molecule has 2 aliphatic rings. The number of benzene rings is 1. The van der Waals surface area contributed by atoms with Crippen molar-refractivity contribution in [2.45, 2.75) is 48.9 Å². The summed E-state index contributed by atoms with van der Waals surface area (Å²) in [7, 11) is -3.74. The first kappa shape index (κ1) is 17.3. The van der Waals surface area contributed by atoms with Gasteiger partial charge in [-0.05, 0) is 25.0 Å². The lowest BCUT2D eigenvalue weighted by atomic mass is 9.94. The fourth-order valence-electron chi connectivity index (χ4n) is 3.10. The van der Waals surface area contributed by atoms with Gasteiger partial charge in [0.15, 0.2) is 5.79 Å². The fourth-order valence-corrected chi connectivity index (χ4v) is 4.17. The molecule has 1 heterocycles. The summed E-state index contributed by atoms with van der Waals surface area (Å²) in [6.45, 7) is 0.476. The van der Waals surface area contributed by atoms with Crippen molar-refractivity contribution in [2.75, 3.05) is 13.2 Å². The Hall–Kier alpha value is -1.55. The maximum absolute atomic E-state index is 12.3. The number of hydrogen-bond donors (Lipinski definition) is 1. The van der Waals surface area contributed by atoms with Crippen LogP contribution in [0.4, 0.5) is 5.69 Å². The Balaban J connectivity index is 1.58. The minimum atomic E-state index is -3.74. The van der Waals surface area contributed by atoms with Crippen LogP contribution in [0.1, 0.15) is 32.1 Å². The number of nitrogens with zero attached hydrogens (tertiary/aromatic N) is 1. The molecule has 8 nitrogen and oxygen atoms in total. The molecule has 1 N–H and O–H groups in total. The number of nitrogens with one attached hydrogen (secondary N) is 1. The van der Waals surface area contributed by atoms with E-state index in [1.54, 1.807) is 0 Å². The first-order chi connectivity index (χ1) is 11.4. The van der Waals surface area contributed by atoms with Gasteiger partial charge in [-0.3, -0.25) is 10.1 Å². The summed E-state index contributed by atoms with van der Waals surface area (Å²) in [4.78, 5) is 10.0. The number of rotatable bonds is 5. The number of non-ortho nitro benzene ring substituents is 1. The second-order valence-corrected chi connectivity index (χ2v) is 7.89. The lowest BCUT2D eigenvalue weighted by Crippen LogP contribution is -2.37. The van der Waals surface area contributed by atoms with Gasteiger partial charge in [0.2, 0.25) is 10.0 Å². The van der Waals surface area contributed by atoms with Gasteiger partial charge in [0, 0.05) is 31.5 Å². The largest absolute Gasteiger partial charge is 0.347 e. The fraction of sp³-hybridized carbons (Fsp3) is 0.600. The first-order valence-electron chi connectivity index (χ1n) is 7.96. The third-order valence-corrected chi connectivity index (χ3v) is 5.83. The van der Waals surface area contributed by atoms with Crippen molar-refractivity contribution < 1.29 is 22.8 Å². The van der Waals surface area contributed by atoms with E-state index < -0.39 is 20.7 Å². The number of nitro benzene ring substituents is 1. The van der Waals surface area contributed by atoms with Crippen molar-refractivity contribution in [3.05, 3.63) is 34.4 Å². The van der Waals surface area contributed by atoms with Crippen LogP contribution in [0.25, 0.3) is 0 Å². The SMILES string of the molecule is O=[N+]([O-])c1ccc(S(=O)(=O)NC[C@@H]2COC3(CCCCC3)O2)cc1. The van der Waals surface area contributed by atoms with E-state index in [1.165, 1.54) is 30.7 Å². The van der Waals surface area contributed by atoms with Gasteiger partial charge in [-0.2, -0.15) is 0 Å². The van der Waals surface area contributed by atoms with Crippen LogP contribution < -0.4 is 4.72 Å². The molecule has 3 rings (SSSR count). The van der Waals surface area contributed by atoms with Crippen LogP contribution in [0.3, 0.4) is 0 Å². The Morgan fingerprint density at radius 2 is 1.88 bits per heavy atom. The summed E-state index contributed by atoms with van der Waals surface area (Å²) < 4.78 is 38.7. The zero-order chi connectivity index (χ0) is 17.2. The van der Waals surface area contributed by atoms with Crippen LogP contribution in [0.2, 0.25) is 0 Å². The van der Waals surface area contributed by atoms with Gasteiger partial charge < -0.3 is 9.47 Å². The van der Waals surface area contributed by atoms with Crippen molar-refractivity contribution in [1.82, 2.24) is 4.72 Å². The Bertz CT molecular complexity index is 697. The van der Waals surface area contributed by atoms with Crippen molar-refractivity contribution in [1.29, 1.82) is 0 Å². The highest BCUT2D eigenvalue weighted by Gasteiger charge is 2.42. The van der Waals surface area contributed by atoms with Crippen LogP contribution >= 0.6 is 0 Å². The average Bonchev–Trinajstić information content (AvgIpc) is 2.96. The number of ether oxygens (including phenoxy) is 2. The molecule has 1 aromatic carbocycles. The van der Waals surface area contributed by atoms with E-state index in [-0.39, 0.29) is 23.2 Å². The van der Waals surface area contributed by atoms with E-state index in [9.17, 15) is 18.5 Å². The molecular formula is C15H20N2O6S. The zero-order valence-corrected chi connectivity index (χ0v) is 14.0. The zero-order valence-electron chi connectivity index (χ0n) is 13.1. The van der Waals surface area contributed by atoms with Gasteiger partial charge >= 0.3 is 0 Å². The molecule has 9 heteroatoms. The summed E-state index contributed by atoms with van der Waals surface area (Å²) in [5.74, 6) is -0.540. The number of sulfonamides is 1. The molecule has 1 aliphatic carbocycles. The van der Waals surface area contributed by atoms with Gasteiger partial charge in [-0.15, -0.1) is 0 Å². The summed E-state index contributed by atoms with van der Waals surface area (Å²) in [6.07, 6.45) is 4.65. The summed E-state index contributed by atoms with van der Waals surface area (Å²) >= 11 is 0. The highest BCUT2D eigenvalue weighted by atomic mass is 32.2. The van der Waals surface area contributed by atoms with Gasteiger partial charge in [-0.25, -0.2) is 13.1 Å². The molecule has 0 unspecified atom stereocenters. The monoisotopic (exact) mass is 356 g/mol. The van der Waals surface area contributed by atoms with E-state index in [0.29, 0.717) is 6.61 Å². The average molecular weight is 356 g/mol. The Kier molecular flexibility index (Phi) is 4.86. The van der Waals surface area contributed by atoms with Crippen LogP contribution in [0.5, 0.6) is 0 Å². The summed E-state index contributed by atoms with van der Waals surface area (Å²) in [5, 5.41) is 10.6. The van der Waals surface area contributed by atoms with Crippen molar-refractivity contribution in [2.24, 2.45) is 0 Å². The van der Waals surface area contributed by atoms with Crippen LogP contribution in [0.15, 0.2) is 29.2 Å². The van der Waals surface area contributed by atoms with Crippen molar-refractivity contribution in [3.8, 4) is 0 Å². The smallest absolute Gasteiger partial charge is 0.269 e. The van der Waals surface area contributed by atoms with Crippen molar-refractivity contribution in [3.63, 3.8) is 0 Å². The number of hydrogen-bond acceptors (Lipinski definition) is 6. The minimum Gasteiger partial charge on any atom is -0.347 e. The first-order valence-corrected chi connectivity index (χ1v) is 9.44. The molecule has 1 atom stereocenters. The Morgan fingerprint density at radius 3 is 2.50 bits per heavy atom. The van der Waals surface area contributed by atoms with Crippen LogP contribution in [-0.2, 0) is 19.5 Å². The van der Waals surface area contributed by atoms with E-state index in [1.807, 2.05) is 0 Å². The normalized spacial score (nSPS) is 23.4. The predicted octanol–water partition coefficient (Wildman–Crippen LogP) is 1.95. The minimum absolute atomic E-state index is 0.0144. The maximum atomic E-state index is 12.3. The topological polar surface area (TPSA) is 108 Å². The standard InChI is InChI=1S/C15H20N2O6S/c18-17(19)12-4-6-14(7-5-12)24(20,21)16-10-13-11-22-15(23-13)8-2-1-3-9-15/h4-7,13,16H,1-3,8-11H2/t13-/m1/s1. The van der Waals surface area contributed by atoms with Gasteiger partial charge in [-0.1, -0.05) is 6.42 Å². The molecule has 1 saturated heterocycles. The molecule has 24 heavy (non-hydrogen) atoms. The highest BCUT2D eigenvalue weighted by molar-refractivity contribution is 7.89. The maximum Gasteiger partial charge on any atom is 0.269 e. The second-order valence-electron chi connectivity index (χ2n) is 6.13. The van der Waals surface area contributed by atoms with Gasteiger partial charge in [0.1, 0.15) is 0 Å². The molecule has 1 spiro atoms. The molecule has 1 aromatic rings. The van der Waals surface area contributed by atoms with E-state index >= 15 is 0 Å². The van der Waals surface area contributed by atoms with E-state index in [2.05, 4.69) is 4.72 Å². The predicted molar refractivity (Wildman–Crippen MR) is 84.9 cm³/mol. The molecule has 2 fully saturated rings.